The quantitative estimate of drug-likeness (QED) is 0.798. The van der Waals surface area contributed by atoms with E-state index < -0.39 is 0 Å². The third-order valence-corrected chi connectivity index (χ3v) is 2.99. The van der Waals surface area contributed by atoms with Crippen LogP contribution in [0.5, 0.6) is 0 Å². The van der Waals surface area contributed by atoms with Crippen molar-refractivity contribution in [3.8, 4) is 0 Å². The van der Waals surface area contributed by atoms with Gasteiger partial charge in [0, 0.05) is 35.0 Å². The van der Waals surface area contributed by atoms with Crippen LogP contribution in [-0.4, -0.2) is 15.6 Å². The zero-order chi connectivity index (χ0) is 13.8. The van der Waals surface area contributed by atoms with Crippen LogP contribution in [0.15, 0.2) is 48.8 Å². The number of hydrogen-bond donors (Lipinski definition) is 0. The van der Waals surface area contributed by atoms with Crippen LogP contribution in [-0.2, 0) is 4.79 Å². The minimum Gasteiger partial charge on any atom is -0.294 e. The normalized spacial score (nSPS) is 11.9. The van der Waals surface area contributed by atoms with Crippen LogP contribution in [0.3, 0.4) is 0 Å². The molecule has 0 bridgehead atoms. The van der Waals surface area contributed by atoms with Crippen LogP contribution in [0, 0.1) is 5.92 Å². The molecule has 0 radical (unpaired) electrons. The molecular formula is C15H15ClN2O. The van der Waals surface area contributed by atoms with Gasteiger partial charge in [0.05, 0.1) is 5.70 Å². The second kappa shape index (κ2) is 5.85. The van der Waals surface area contributed by atoms with Crippen molar-refractivity contribution < 1.29 is 4.79 Å². The lowest BCUT2D eigenvalue weighted by molar-refractivity contribution is -0.117. The summed E-state index contributed by atoms with van der Waals surface area (Å²) >= 11 is 5.89. The third kappa shape index (κ3) is 3.32. The minimum absolute atomic E-state index is 0.0436. The summed E-state index contributed by atoms with van der Waals surface area (Å²) in [6.45, 7) is 3.75. The molecule has 0 fully saturated rings. The smallest absolute Gasteiger partial charge is 0.160 e. The van der Waals surface area contributed by atoms with Gasteiger partial charge >= 0.3 is 0 Å². The van der Waals surface area contributed by atoms with Gasteiger partial charge in [-0.1, -0.05) is 37.6 Å². The molecule has 0 aliphatic carbocycles. The predicted octanol–water partition coefficient (Wildman–Crippen LogP) is 3.65. The van der Waals surface area contributed by atoms with Crippen LogP contribution in [0.1, 0.15) is 19.4 Å². The van der Waals surface area contributed by atoms with Crippen molar-refractivity contribution in [3.05, 3.63) is 59.4 Å². The first-order chi connectivity index (χ1) is 9.08. The molecule has 3 nitrogen and oxygen atoms in total. The average molecular weight is 275 g/mol. The van der Waals surface area contributed by atoms with E-state index in [9.17, 15) is 4.79 Å². The van der Waals surface area contributed by atoms with Gasteiger partial charge in [-0.15, -0.1) is 0 Å². The van der Waals surface area contributed by atoms with Gasteiger partial charge < -0.3 is 0 Å². The number of halogens is 1. The maximum Gasteiger partial charge on any atom is 0.160 e. The zero-order valence-corrected chi connectivity index (χ0v) is 11.6. The van der Waals surface area contributed by atoms with E-state index >= 15 is 0 Å². The highest BCUT2D eigenvalue weighted by atomic mass is 35.5. The van der Waals surface area contributed by atoms with E-state index in [1.165, 1.54) is 0 Å². The lowest BCUT2D eigenvalue weighted by Crippen LogP contribution is -2.07. The van der Waals surface area contributed by atoms with E-state index in [-0.39, 0.29) is 11.7 Å². The number of rotatable bonds is 4. The fraction of sp³-hybridized carbons (Fsp3) is 0.200. The molecule has 1 aromatic carbocycles. The molecule has 1 aromatic heterocycles. The van der Waals surface area contributed by atoms with Crippen molar-refractivity contribution in [1.29, 1.82) is 0 Å². The summed E-state index contributed by atoms with van der Waals surface area (Å²) in [6.07, 6.45) is 5.12. The van der Waals surface area contributed by atoms with Crippen LogP contribution in [0.4, 0.5) is 0 Å². The molecule has 0 amide bonds. The molecule has 1 heterocycles. The second-order valence-corrected chi connectivity index (χ2v) is 4.98. The Bertz CT molecular complexity index is 583. The standard InChI is InChI=1S/C15H15ClN2O/c1-11(2)15(19)10-14(18-9-3-8-17-18)12-4-6-13(16)7-5-12/h3-11H,1-2H3. The summed E-state index contributed by atoms with van der Waals surface area (Å²) < 4.78 is 1.68. The molecule has 0 aliphatic rings. The van der Waals surface area contributed by atoms with Gasteiger partial charge in [-0.05, 0) is 18.2 Å². The maximum absolute atomic E-state index is 11.9. The van der Waals surface area contributed by atoms with Gasteiger partial charge in [0.25, 0.3) is 0 Å². The third-order valence-electron chi connectivity index (χ3n) is 2.74. The van der Waals surface area contributed by atoms with Gasteiger partial charge in [0.2, 0.25) is 0 Å². The molecule has 0 saturated carbocycles. The molecule has 2 rings (SSSR count). The molecule has 2 aromatic rings. The molecule has 0 spiro atoms. The number of nitrogens with zero attached hydrogens (tertiary/aromatic N) is 2. The van der Waals surface area contributed by atoms with Crippen LogP contribution in [0.2, 0.25) is 5.02 Å². The van der Waals surface area contributed by atoms with Crippen molar-refractivity contribution >= 4 is 23.1 Å². The van der Waals surface area contributed by atoms with Crippen molar-refractivity contribution in [2.45, 2.75) is 13.8 Å². The van der Waals surface area contributed by atoms with E-state index in [0.29, 0.717) is 5.02 Å². The first kappa shape index (κ1) is 13.6. The van der Waals surface area contributed by atoms with Gasteiger partial charge in [-0.2, -0.15) is 5.10 Å². The van der Waals surface area contributed by atoms with E-state index in [4.69, 9.17) is 11.6 Å². The molecular weight excluding hydrogens is 260 g/mol. The van der Waals surface area contributed by atoms with E-state index in [1.807, 2.05) is 38.2 Å². The number of benzene rings is 1. The summed E-state index contributed by atoms with van der Waals surface area (Å²) in [6, 6.07) is 9.18. The highest BCUT2D eigenvalue weighted by Crippen LogP contribution is 2.19. The number of carbonyl (C=O) groups is 1. The second-order valence-electron chi connectivity index (χ2n) is 4.54. The van der Waals surface area contributed by atoms with Gasteiger partial charge in [-0.25, -0.2) is 4.68 Å². The number of allylic oxidation sites excluding steroid dienone is 1. The van der Waals surface area contributed by atoms with Crippen LogP contribution >= 0.6 is 11.6 Å². The first-order valence-corrected chi connectivity index (χ1v) is 6.47. The number of carbonyl (C=O) groups excluding carboxylic acids is 1. The summed E-state index contributed by atoms with van der Waals surface area (Å²) in [5.74, 6) is 0.0262. The van der Waals surface area contributed by atoms with Gasteiger partial charge in [-0.3, -0.25) is 4.79 Å². The van der Waals surface area contributed by atoms with Gasteiger partial charge in [0.1, 0.15) is 0 Å². The monoisotopic (exact) mass is 274 g/mol. The Labute approximate surface area is 117 Å². The maximum atomic E-state index is 11.9. The molecule has 4 heteroatoms. The number of ketones is 1. The van der Waals surface area contributed by atoms with E-state index in [2.05, 4.69) is 5.10 Å². The fourth-order valence-corrected chi connectivity index (χ4v) is 1.74. The van der Waals surface area contributed by atoms with Crippen molar-refractivity contribution in [2.75, 3.05) is 0 Å². The Morgan fingerprint density at radius 3 is 2.53 bits per heavy atom. The van der Waals surface area contributed by atoms with Gasteiger partial charge in [0.15, 0.2) is 5.78 Å². The lowest BCUT2D eigenvalue weighted by Gasteiger charge is -2.09. The summed E-state index contributed by atoms with van der Waals surface area (Å²) in [7, 11) is 0. The largest absolute Gasteiger partial charge is 0.294 e. The van der Waals surface area contributed by atoms with Crippen molar-refractivity contribution in [1.82, 2.24) is 9.78 Å². The van der Waals surface area contributed by atoms with E-state index in [0.717, 1.165) is 11.3 Å². The van der Waals surface area contributed by atoms with Crippen molar-refractivity contribution in [3.63, 3.8) is 0 Å². The predicted molar refractivity (Wildman–Crippen MR) is 76.9 cm³/mol. The minimum atomic E-state index is -0.0436. The highest BCUT2D eigenvalue weighted by Gasteiger charge is 2.10. The summed E-state index contributed by atoms with van der Waals surface area (Å²) in [4.78, 5) is 11.9. The Morgan fingerprint density at radius 1 is 1.32 bits per heavy atom. The molecule has 0 atom stereocenters. The Kier molecular flexibility index (Phi) is 4.17. The fourth-order valence-electron chi connectivity index (χ4n) is 1.62. The number of hydrogen-bond acceptors (Lipinski definition) is 2. The molecule has 0 unspecified atom stereocenters. The summed E-state index contributed by atoms with van der Waals surface area (Å²) in [5, 5.41) is 4.86. The molecule has 0 N–H and O–H groups in total. The zero-order valence-electron chi connectivity index (χ0n) is 10.9. The SMILES string of the molecule is CC(C)C(=O)C=C(c1ccc(Cl)cc1)n1cccn1. The Morgan fingerprint density at radius 2 is 2.00 bits per heavy atom. The highest BCUT2D eigenvalue weighted by molar-refractivity contribution is 6.30. The van der Waals surface area contributed by atoms with E-state index in [1.54, 1.807) is 29.1 Å². The van der Waals surface area contributed by atoms with Crippen LogP contribution in [0.25, 0.3) is 5.70 Å². The Hall–Kier alpha value is -1.87. The molecule has 98 valence electrons. The molecule has 19 heavy (non-hydrogen) atoms. The van der Waals surface area contributed by atoms with Crippen LogP contribution < -0.4 is 0 Å². The number of aromatic nitrogens is 2. The Balaban J connectivity index is 2.46. The average Bonchev–Trinajstić information content (AvgIpc) is 2.90. The topological polar surface area (TPSA) is 34.9 Å². The van der Waals surface area contributed by atoms with Crippen molar-refractivity contribution in [2.24, 2.45) is 5.92 Å². The molecule has 0 saturated heterocycles. The molecule has 0 aliphatic heterocycles. The lowest BCUT2D eigenvalue weighted by atomic mass is 10.1. The first-order valence-electron chi connectivity index (χ1n) is 6.09. The summed E-state index contributed by atoms with van der Waals surface area (Å²) in [5.41, 5.74) is 1.66.